The molecule has 106 valence electrons. The van der Waals surface area contributed by atoms with Crippen LogP contribution in [0.1, 0.15) is 38.3 Å². The zero-order valence-corrected chi connectivity index (χ0v) is 13.5. The van der Waals surface area contributed by atoms with E-state index in [-0.39, 0.29) is 0 Å². The van der Waals surface area contributed by atoms with Crippen LogP contribution in [0.5, 0.6) is 0 Å². The molecule has 2 rings (SSSR count). The molecule has 1 aliphatic rings. The SMILES string of the molecule is CCCNC(c1cccnc1)C1SCCSC1CC. The van der Waals surface area contributed by atoms with Crippen LogP contribution in [0.25, 0.3) is 0 Å². The fourth-order valence-electron chi connectivity index (χ4n) is 2.53. The smallest absolute Gasteiger partial charge is 0.0466 e. The molecule has 4 heteroatoms. The van der Waals surface area contributed by atoms with Gasteiger partial charge in [-0.1, -0.05) is 19.9 Å². The molecule has 1 aliphatic heterocycles. The third-order valence-electron chi connectivity index (χ3n) is 3.48. The van der Waals surface area contributed by atoms with E-state index in [9.17, 15) is 0 Å². The molecule has 0 radical (unpaired) electrons. The minimum absolute atomic E-state index is 0.441. The highest BCUT2D eigenvalue weighted by atomic mass is 32.2. The van der Waals surface area contributed by atoms with E-state index in [2.05, 4.69) is 59.8 Å². The number of pyridine rings is 1. The number of hydrogen-bond acceptors (Lipinski definition) is 4. The molecule has 19 heavy (non-hydrogen) atoms. The molecular formula is C15H24N2S2. The standard InChI is InChI=1S/C15H24N2S2/c1-3-7-17-14(12-6-5-8-16-11-12)15-13(4-2)18-9-10-19-15/h5-6,8,11,13-15,17H,3-4,7,9-10H2,1-2H3. The Bertz CT molecular complexity index is 358. The van der Waals surface area contributed by atoms with Crippen molar-refractivity contribution in [3.63, 3.8) is 0 Å². The first kappa shape index (κ1) is 15.2. The Morgan fingerprint density at radius 2 is 2.21 bits per heavy atom. The van der Waals surface area contributed by atoms with Crippen LogP contribution in [0.4, 0.5) is 0 Å². The molecule has 0 aliphatic carbocycles. The number of hydrogen-bond donors (Lipinski definition) is 1. The van der Waals surface area contributed by atoms with Gasteiger partial charge < -0.3 is 5.32 Å². The summed E-state index contributed by atoms with van der Waals surface area (Å²) >= 11 is 4.28. The summed E-state index contributed by atoms with van der Waals surface area (Å²) in [5.74, 6) is 2.57. The van der Waals surface area contributed by atoms with Crippen LogP contribution in [0, 0.1) is 0 Å². The summed E-state index contributed by atoms with van der Waals surface area (Å²) in [6.07, 6.45) is 6.32. The van der Waals surface area contributed by atoms with Gasteiger partial charge in [0.05, 0.1) is 0 Å². The second-order valence-corrected chi connectivity index (χ2v) is 7.50. The van der Waals surface area contributed by atoms with Crippen molar-refractivity contribution in [1.29, 1.82) is 0 Å². The van der Waals surface area contributed by atoms with Crippen LogP contribution in [-0.2, 0) is 0 Å². The third kappa shape index (κ3) is 4.14. The molecule has 3 atom stereocenters. The van der Waals surface area contributed by atoms with Crippen molar-refractivity contribution >= 4 is 23.5 Å². The highest BCUT2D eigenvalue weighted by molar-refractivity contribution is 8.07. The maximum atomic E-state index is 4.30. The molecule has 1 N–H and O–H groups in total. The lowest BCUT2D eigenvalue weighted by molar-refractivity contribution is 0.497. The molecule has 0 spiro atoms. The summed E-state index contributed by atoms with van der Waals surface area (Å²) in [5.41, 5.74) is 1.34. The minimum Gasteiger partial charge on any atom is -0.309 e. The molecule has 3 unspecified atom stereocenters. The van der Waals surface area contributed by atoms with Crippen molar-refractivity contribution in [1.82, 2.24) is 10.3 Å². The third-order valence-corrected chi connectivity index (χ3v) is 6.83. The van der Waals surface area contributed by atoms with E-state index < -0.39 is 0 Å². The van der Waals surface area contributed by atoms with Gasteiger partial charge in [-0.25, -0.2) is 0 Å². The molecule has 1 saturated heterocycles. The predicted octanol–water partition coefficient (Wildman–Crippen LogP) is 3.75. The Labute approximate surface area is 125 Å². The summed E-state index contributed by atoms with van der Waals surface area (Å²) in [5, 5.41) is 5.17. The Hall–Kier alpha value is -0.190. The summed E-state index contributed by atoms with van der Waals surface area (Å²) in [6.45, 7) is 5.63. The summed E-state index contributed by atoms with van der Waals surface area (Å²) in [6, 6.07) is 4.71. The van der Waals surface area contributed by atoms with Crippen LogP contribution in [0.15, 0.2) is 24.5 Å². The van der Waals surface area contributed by atoms with Gasteiger partial charge in [0, 0.05) is 40.4 Å². The van der Waals surface area contributed by atoms with E-state index in [1.165, 1.54) is 29.9 Å². The topological polar surface area (TPSA) is 24.9 Å². The van der Waals surface area contributed by atoms with E-state index >= 15 is 0 Å². The zero-order chi connectivity index (χ0) is 13.5. The van der Waals surface area contributed by atoms with Crippen molar-refractivity contribution in [2.24, 2.45) is 0 Å². The van der Waals surface area contributed by atoms with Gasteiger partial charge in [0.15, 0.2) is 0 Å². The maximum absolute atomic E-state index is 4.30. The van der Waals surface area contributed by atoms with Gasteiger partial charge in [-0.05, 0) is 31.0 Å². The fraction of sp³-hybridized carbons (Fsp3) is 0.667. The first-order valence-electron chi connectivity index (χ1n) is 7.23. The molecule has 1 fully saturated rings. The second-order valence-electron chi connectivity index (χ2n) is 4.87. The van der Waals surface area contributed by atoms with Crippen LogP contribution in [-0.4, -0.2) is 33.5 Å². The monoisotopic (exact) mass is 296 g/mol. The average molecular weight is 297 g/mol. The van der Waals surface area contributed by atoms with Gasteiger partial charge >= 0.3 is 0 Å². The van der Waals surface area contributed by atoms with Crippen LogP contribution < -0.4 is 5.32 Å². The summed E-state index contributed by atoms with van der Waals surface area (Å²) in [4.78, 5) is 4.30. The van der Waals surface area contributed by atoms with Gasteiger partial charge in [-0.15, -0.1) is 0 Å². The van der Waals surface area contributed by atoms with Gasteiger partial charge in [0.2, 0.25) is 0 Å². The Morgan fingerprint density at radius 1 is 1.37 bits per heavy atom. The number of nitrogens with zero attached hydrogens (tertiary/aromatic N) is 1. The highest BCUT2D eigenvalue weighted by Crippen LogP contribution is 2.40. The first-order chi connectivity index (χ1) is 9.36. The number of aromatic nitrogens is 1. The molecule has 0 bridgehead atoms. The lowest BCUT2D eigenvalue weighted by atomic mass is 10.0. The van der Waals surface area contributed by atoms with Crippen molar-refractivity contribution in [2.75, 3.05) is 18.1 Å². The lowest BCUT2D eigenvalue weighted by Crippen LogP contribution is -2.39. The Kier molecular flexibility index (Phi) is 6.54. The Morgan fingerprint density at radius 3 is 2.89 bits per heavy atom. The van der Waals surface area contributed by atoms with Crippen LogP contribution >= 0.6 is 23.5 Å². The summed E-state index contributed by atoms with van der Waals surface area (Å²) < 4.78 is 0. The number of nitrogens with one attached hydrogen (secondary N) is 1. The van der Waals surface area contributed by atoms with Gasteiger partial charge in [0.25, 0.3) is 0 Å². The zero-order valence-electron chi connectivity index (χ0n) is 11.8. The maximum Gasteiger partial charge on any atom is 0.0466 e. The van der Waals surface area contributed by atoms with Gasteiger partial charge in [-0.3, -0.25) is 4.98 Å². The largest absolute Gasteiger partial charge is 0.309 e. The van der Waals surface area contributed by atoms with E-state index in [4.69, 9.17) is 0 Å². The van der Waals surface area contributed by atoms with Crippen molar-refractivity contribution in [3.05, 3.63) is 30.1 Å². The first-order valence-corrected chi connectivity index (χ1v) is 9.33. The van der Waals surface area contributed by atoms with Crippen molar-refractivity contribution in [2.45, 2.75) is 43.2 Å². The van der Waals surface area contributed by atoms with Crippen molar-refractivity contribution in [3.8, 4) is 0 Å². The van der Waals surface area contributed by atoms with Crippen molar-refractivity contribution < 1.29 is 0 Å². The molecule has 2 nitrogen and oxygen atoms in total. The van der Waals surface area contributed by atoms with E-state index in [0.29, 0.717) is 11.3 Å². The average Bonchev–Trinajstić information content (AvgIpc) is 2.49. The minimum atomic E-state index is 0.441. The second kappa shape index (κ2) is 8.18. The molecule has 2 heterocycles. The highest BCUT2D eigenvalue weighted by Gasteiger charge is 2.32. The molecule has 0 aromatic carbocycles. The molecule has 0 saturated carbocycles. The lowest BCUT2D eigenvalue weighted by Gasteiger charge is -2.36. The van der Waals surface area contributed by atoms with Crippen LogP contribution in [0.3, 0.4) is 0 Å². The Balaban J connectivity index is 2.16. The number of thioether (sulfide) groups is 2. The number of rotatable bonds is 6. The van der Waals surface area contributed by atoms with Gasteiger partial charge in [0.1, 0.15) is 0 Å². The van der Waals surface area contributed by atoms with E-state index in [1.807, 2.05) is 12.4 Å². The molecule has 0 amide bonds. The molecule has 1 aromatic heterocycles. The predicted molar refractivity (Wildman–Crippen MR) is 88.1 cm³/mol. The van der Waals surface area contributed by atoms with Gasteiger partial charge in [-0.2, -0.15) is 23.5 Å². The van der Waals surface area contributed by atoms with Crippen LogP contribution in [0.2, 0.25) is 0 Å². The fourth-order valence-corrected chi connectivity index (χ4v) is 5.78. The quantitative estimate of drug-likeness (QED) is 0.864. The molecular weight excluding hydrogens is 272 g/mol. The van der Waals surface area contributed by atoms with E-state index in [1.54, 1.807) is 0 Å². The normalized spacial score (nSPS) is 25.2. The van der Waals surface area contributed by atoms with E-state index in [0.717, 1.165) is 11.8 Å². The summed E-state index contributed by atoms with van der Waals surface area (Å²) in [7, 11) is 0. The molecule has 1 aromatic rings.